The minimum Gasteiger partial charge on any atom is -0.492 e. The van der Waals surface area contributed by atoms with Gasteiger partial charge in [0, 0.05) is 32.1 Å². The van der Waals surface area contributed by atoms with Gasteiger partial charge in [-0.3, -0.25) is 0 Å². The van der Waals surface area contributed by atoms with Gasteiger partial charge in [0.25, 0.3) is 0 Å². The fraction of sp³-hybridized carbons (Fsp3) is 0.529. The third-order valence-electron chi connectivity index (χ3n) is 4.56. The Labute approximate surface area is 130 Å². The van der Waals surface area contributed by atoms with E-state index in [1.807, 2.05) is 31.2 Å². The monoisotopic (exact) mass is 305 g/mol. The zero-order chi connectivity index (χ0) is 15.6. The minimum atomic E-state index is -0.725. The number of methoxy groups -OCH3 is 1. The number of ether oxygens (including phenoxy) is 2. The van der Waals surface area contributed by atoms with Crippen LogP contribution in [0.25, 0.3) is 11.0 Å². The molecular weight excluding hydrogens is 282 g/mol. The summed E-state index contributed by atoms with van der Waals surface area (Å²) in [6.45, 7) is 3.73. The van der Waals surface area contributed by atoms with Gasteiger partial charge in [0.15, 0.2) is 11.5 Å². The zero-order valence-corrected chi connectivity index (χ0v) is 13.1. The molecule has 1 atom stereocenters. The summed E-state index contributed by atoms with van der Waals surface area (Å²) >= 11 is 0. The van der Waals surface area contributed by atoms with Crippen molar-refractivity contribution in [2.24, 2.45) is 0 Å². The molecule has 2 aromatic rings. The quantitative estimate of drug-likeness (QED) is 0.888. The van der Waals surface area contributed by atoms with Crippen LogP contribution in [-0.4, -0.2) is 37.1 Å². The lowest BCUT2D eigenvalue weighted by Gasteiger charge is -2.37. The molecule has 1 fully saturated rings. The summed E-state index contributed by atoms with van der Waals surface area (Å²) in [5.74, 6) is 1.51. The van der Waals surface area contributed by atoms with Gasteiger partial charge >= 0.3 is 0 Å². The summed E-state index contributed by atoms with van der Waals surface area (Å²) in [6.07, 6.45) is 1.30. The Kier molecular flexibility index (Phi) is 4.38. The van der Waals surface area contributed by atoms with Crippen molar-refractivity contribution in [3.05, 3.63) is 30.0 Å². The van der Waals surface area contributed by atoms with Crippen LogP contribution in [0.5, 0.6) is 5.75 Å². The van der Waals surface area contributed by atoms with Crippen LogP contribution in [0, 0.1) is 0 Å². The predicted molar refractivity (Wildman–Crippen MR) is 84.1 cm³/mol. The average Bonchev–Trinajstić information content (AvgIpc) is 2.90. The van der Waals surface area contributed by atoms with Crippen LogP contribution in [0.2, 0.25) is 0 Å². The summed E-state index contributed by atoms with van der Waals surface area (Å²) in [5, 5.41) is 15.0. The SMILES string of the molecule is COc1c(CNC(C)C2(O)CCOCC2)oc2ccccc12. The molecule has 5 nitrogen and oxygen atoms in total. The van der Waals surface area contributed by atoms with E-state index in [0.29, 0.717) is 32.6 Å². The third-order valence-corrected chi connectivity index (χ3v) is 4.56. The molecule has 1 saturated heterocycles. The van der Waals surface area contributed by atoms with E-state index in [9.17, 15) is 5.11 Å². The largest absolute Gasteiger partial charge is 0.492 e. The van der Waals surface area contributed by atoms with Crippen LogP contribution >= 0.6 is 0 Å². The van der Waals surface area contributed by atoms with Gasteiger partial charge in [-0.1, -0.05) is 12.1 Å². The number of benzene rings is 1. The highest BCUT2D eigenvalue weighted by atomic mass is 16.5. The van der Waals surface area contributed by atoms with E-state index in [1.54, 1.807) is 7.11 Å². The number of fused-ring (bicyclic) bond motifs is 1. The van der Waals surface area contributed by atoms with Crippen molar-refractivity contribution in [3.8, 4) is 5.75 Å². The van der Waals surface area contributed by atoms with Crippen molar-refractivity contribution in [2.45, 2.75) is 38.0 Å². The van der Waals surface area contributed by atoms with E-state index >= 15 is 0 Å². The lowest BCUT2D eigenvalue weighted by atomic mass is 9.87. The number of nitrogens with one attached hydrogen (secondary N) is 1. The average molecular weight is 305 g/mol. The van der Waals surface area contributed by atoms with Crippen molar-refractivity contribution in [3.63, 3.8) is 0 Å². The Bertz CT molecular complexity index is 631. The minimum absolute atomic E-state index is 0.0469. The molecule has 5 heteroatoms. The maximum absolute atomic E-state index is 10.7. The van der Waals surface area contributed by atoms with E-state index < -0.39 is 5.60 Å². The summed E-state index contributed by atoms with van der Waals surface area (Å²) in [7, 11) is 1.65. The first kappa shape index (κ1) is 15.3. The first-order chi connectivity index (χ1) is 10.6. The van der Waals surface area contributed by atoms with Crippen molar-refractivity contribution >= 4 is 11.0 Å². The molecule has 0 radical (unpaired) electrons. The molecule has 0 spiro atoms. The number of aliphatic hydroxyl groups is 1. The maximum Gasteiger partial charge on any atom is 0.169 e. The van der Waals surface area contributed by atoms with Crippen LogP contribution < -0.4 is 10.1 Å². The highest BCUT2D eigenvalue weighted by Crippen LogP contribution is 2.33. The van der Waals surface area contributed by atoms with E-state index in [2.05, 4.69) is 5.32 Å². The molecule has 120 valence electrons. The van der Waals surface area contributed by atoms with E-state index in [0.717, 1.165) is 22.5 Å². The molecule has 3 rings (SSSR count). The first-order valence-corrected chi connectivity index (χ1v) is 7.72. The van der Waals surface area contributed by atoms with E-state index in [1.165, 1.54) is 0 Å². The molecule has 1 unspecified atom stereocenters. The number of rotatable bonds is 5. The van der Waals surface area contributed by atoms with Gasteiger partial charge in [-0.05, 0) is 19.1 Å². The molecule has 0 bridgehead atoms. The van der Waals surface area contributed by atoms with Crippen LogP contribution in [0.4, 0.5) is 0 Å². The fourth-order valence-electron chi connectivity index (χ4n) is 3.01. The molecule has 0 amide bonds. The van der Waals surface area contributed by atoms with Crippen LogP contribution in [0.1, 0.15) is 25.5 Å². The summed E-state index contributed by atoms with van der Waals surface area (Å²) in [5.41, 5.74) is 0.0888. The van der Waals surface area contributed by atoms with Crippen molar-refractivity contribution in [1.29, 1.82) is 0 Å². The van der Waals surface area contributed by atoms with E-state index in [-0.39, 0.29) is 6.04 Å². The molecule has 0 saturated carbocycles. The summed E-state index contributed by atoms with van der Waals surface area (Å²) in [4.78, 5) is 0. The topological polar surface area (TPSA) is 63.9 Å². The van der Waals surface area contributed by atoms with Gasteiger partial charge in [-0.25, -0.2) is 0 Å². The maximum atomic E-state index is 10.7. The second-order valence-corrected chi connectivity index (χ2v) is 5.87. The molecule has 1 aliphatic rings. The molecule has 1 aromatic carbocycles. The molecular formula is C17H23NO4. The van der Waals surface area contributed by atoms with Gasteiger partial charge in [-0.2, -0.15) is 0 Å². The lowest BCUT2D eigenvalue weighted by molar-refractivity contribution is -0.0821. The smallest absolute Gasteiger partial charge is 0.169 e. The third kappa shape index (κ3) is 2.84. The second kappa shape index (κ2) is 6.28. The molecule has 1 aliphatic heterocycles. The van der Waals surface area contributed by atoms with Crippen molar-refractivity contribution < 1.29 is 19.0 Å². The summed E-state index contributed by atoms with van der Waals surface area (Å²) in [6, 6.07) is 7.77. The van der Waals surface area contributed by atoms with Crippen LogP contribution in [0.15, 0.2) is 28.7 Å². The van der Waals surface area contributed by atoms with Crippen molar-refractivity contribution in [1.82, 2.24) is 5.32 Å². The Balaban J connectivity index is 1.73. The van der Waals surface area contributed by atoms with Gasteiger partial charge in [-0.15, -0.1) is 0 Å². The van der Waals surface area contributed by atoms with Gasteiger partial charge in [0.1, 0.15) is 5.58 Å². The lowest BCUT2D eigenvalue weighted by Crippen LogP contribution is -2.51. The van der Waals surface area contributed by atoms with Crippen LogP contribution in [0.3, 0.4) is 0 Å². The second-order valence-electron chi connectivity index (χ2n) is 5.87. The molecule has 22 heavy (non-hydrogen) atoms. The van der Waals surface area contributed by atoms with Gasteiger partial charge < -0.3 is 24.3 Å². The number of para-hydroxylation sites is 1. The summed E-state index contributed by atoms with van der Waals surface area (Å²) < 4.78 is 16.7. The zero-order valence-electron chi connectivity index (χ0n) is 13.1. The molecule has 2 heterocycles. The Morgan fingerprint density at radius 1 is 1.32 bits per heavy atom. The predicted octanol–water partition coefficient (Wildman–Crippen LogP) is 2.46. The fourth-order valence-corrected chi connectivity index (χ4v) is 3.01. The Morgan fingerprint density at radius 3 is 2.77 bits per heavy atom. The highest BCUT2D eigenvalue weighted by Gasteiger charge is 2.35. The van der Waals surface area contributed by atoms with Crippen LogP contribution in [-0.2, 0) is 11.3 Å². The number of hydrogen-bond acceptors (Lipinski definition) is 5. The highest BCUT2D eigenvalue weighted by molar-refractivity contribution is 5.85. The van der Waals surface area contributed by atoms with Gasteiger partial charge in [0.2, 0.25) is 0 Å². The Hall–Kier alpha value is -1.56. The molecule has 2 N–H and O–H groups in total. The normalized spacial score (nSPS) is 19.2. The molecule has 1 aromatic heterocycles. The van der Waals surface area contributed by atoms with Gasteiger partial charge in [0.05, 0.1) is 24.6 Å². The molecule has 0 aliphatic carbocycles. The number of furan rings is 1. The van der Waals surface area contributed by atoms with Crippen molar-refractivity contribution in [2.75, 3.05) is 20.3 Å². The first-order valence-electron chi connectivity index (χ1n) is 7.72. The van der Waals surface area contributed by atoms with E-state index in [4.69, 9.17) is 13.9 Å². The Morgan fingerprint density at radius 2 is 2.05 bits per heavy atom. The standard InChI is InChI=1S/C17H23NO4/c1-12(17(19)7-9-21-10-8-17)18-11-15-16(20-2)13-5-3-4-6-14(13)22-15/h3-6,12,18-19H,7-11H2,1-2H3. The number of hydrogen-bond donors (Lipinski definition) is 2.